The zero-order valence-electron chi connectivity index (χ0n) is 14.2. The summed E-state index contributed by atoms with van der Waals surface area (Å²) in [5.74, 6) is -0.491. The van der Waals surface area contributed by atoms with Crippen molar-refractivity contribution < 1.29 is 9.59 Å². The number of carbonyl (C=O) groups excluding carboxylic acids is 2. The van der Waals surface area contributed by atoms with Crippen LogP contribution in [0.2, 0.25) is 0 Å². The van der Waals surface area contributed by atoms with Crippen molar-refractivity contribution in [3.63, 3.8) is 0 Å². The number of hydrogen-bond donors (Lipinski definition) is 4. The van der Waals surface area contributed by atoms with Crippen LogP contribution in [0.1, 0.15) is 31.8 Å². The standard InChI is InChI=1S/C20H20N4O2/c1-3-15(21)23-13-9-10-14(24-16(22)4-2)18-17(13)19(25)11-7-5-6-8-12(11)20(18)26/h3-10,15-16,23-24H,1-2,21-22H2. The largest absolute Gasteiger partial charge is 0.366 e. The van der Waals surface area contributed by atoms with Gasteiger partial charge in [0, 0.05) is 22.5 Å². The Morgan fingerprint density at radius 1 is 0.769 bits per heavy atom. The first-order chi connectivity index (χ1) is 12.5. The van der Waals surface area contributed by atoms with Gasteiger partial charge in [-0.1, -0.05) is 49.6 Å². The SMILES string of the molecule is C=CC(N)Nc1ccc(NC(N)C=C)c2c1C(=O)c1ccccc1C2=O. The second-order valence-corrected chi connectivity index (χ2v) is 5.93. The van der Waals surface area contributed by atoms with E-state index in [0.29, 0.717) is 22.5 Å². The van der Waals surface area contributed by atoms with Crippen LogP contribution in [0.25, 0.3) is 0 Å². The first kappa shape index (κ1) is 17.6. The molecule has 132 valence electrons. The maximum absolute atomic E-state index is 13.1. The molecule has 2 aromatic carbocycles. The lowest BCUT2D eigenvalue weighted by molar-refractivity contribution is 0.0980. The van der Waals surface area contributed by atoms with Crippen LogP contribution >= 0.6 is 0 Å². The van der Waals surface area contributed by atoms with Gasteiger partial charge in [0.2, 0.25) is 0 Å². The summed E-state index contributed by atoms with van der Waals surface area (Å²) in [6, 6.07) is 10.1. The molecule has 0 aromatic heterocycles. The molecule has 0 heterocycles. The maximum atomic E-state index is 13.1. The number of carbonyl (C=O) groups is 2. The number of benzene rings is 2. The van der Waals surface area contributed by atoms with Gasteiger partial charge in [-0.15, -0.1) is 0 Å². The predicted molar refractivity (Wildman–Crippen MR) is 103 cm³/mol. The normalized spacial score (nSPS) is 14.7. The minimum atomic E-state index is -0.562. The zero-order valence-corrected chi connectivity index (χ0v) is 14.2. The highest BCUT2D eigenvalue weighted by Gasteiger charge is 2.34. The summed E-state index contributed by atoms with van der Waals surface area (Å²) in [4.78, 5) is 26.2. The molecule has 0 bridgehead atoms. The van der Waals surface area contributed by atoms with E-state index in [4.69, 9.17) is 11.5 Å². The summed E-state index contributed by atoms with van der Waals surface area (Å²) < 4.78 is 0. The Morgan fingerprint density at radius 2 is 1.15 bits per heavy atom. The zero-order chi connectivity index (χ0) is 18.8. The number of nitrogens with two attached hydrogens (primary N) is 2. The van der Waals surface area contributed by atoms with Crippen LogP contribution in [0.4, 0.5) is 11.4 Å². The Bertz CT molecular complexity index is 846. The van der Waals surface area contributed by atoms with E-state index >= 15 is 0 Å². The van der Waals surface area contributed by atoms with Crippen molar-refractivity contribution in [1.29, 1.82) is 0 Å². The van der Waals surface area contributed by atoms with Crippen LogP contribution in [0, 0.1) is 0 Å². The molecule has 0 spiro atoms. The van der Waals surface area contributed by atoms with Gasteiger partial charge in [-0.25, -0.2) is 0 Å². The highest BCUT2D eigenvalue weighted by molar-refractivity contribution is 6.31. The van der Waals surface area contributed by atoms with E-state index < -0.39 is 12.3 Å². The highest BCUT2D eigenvalue weighted by Crippen LogP contribution is 2.36. The molecule has 1 aliphatic carbocycles. The molecule has 0 saturated carbocycles. The molecule has 26 heavy (non-hydrogen) atoms. The molecule has 6 N–H and O–H groups in total. The number of ketones is 2. The van der Waals surface area contributed by atoms with Crippen LogP contribution < -0.4 is 22.1 Å². The van der Waals surface area contributed by atoms with E-state index in [-0.39, 0.29) is 22.7 Å². The minimum absolute atomic E-state index is 0.246. The average Bonchev–Trinajstić information content (AvgIpc) is 2.66. The van der Waals surface area contributed by atoms with Gasteiger partial charge in [0.25, 0.3) is 0 Å². The topological polar surface area (TPSA) is 110 Å². The molecular weight excluding hydrogens is 328 g/mol. The average molecular weight is 348 g/mol. The highest BCUT2D eigenvalue weighted by atomic mass is 16.1. The number of fused-ring (bicyclic) bond motifs is 2. The van der Waals surface area contributed by atoms with E-state index in [1.165, 1.54) is 12.2 Å². The van der Waals surface area contributed by atoms with Gasteiger partial charge in [0.15, 0.2) is 11.6 Å². The van der Waals surface area contributed by atoms with E-state index in [1.54, 1.807) is 36.4 Å². The van der Waals surface area contributed by atoms with Gasteiger partial charge in [0.05, 0.1) is 23.5 Å². The molecule has 0 amide bonds. The van der Waals surface area contributed by atoms with Crippen molar-refractivity contribution in [3.05, 3.63) is 84.0 Å². The third-order valence-electron chi connectivity index (χ3n) is 4.23. The van der Waals surface area contributed by atoms with E-state index in [2.05, 4.69) is 23.8 Å². The molecule has 0 fully saturated rings. The number of nitrogens with one attached hydrogen (secondary N) is 2. The fourth-order valence-electron chi connectivity index (χ4n) is 2.94. The molecule has 2 unspecified atom stereocenters. The second-order valence-electron chi connectivity index (χ2n) is 5.93. The predicted octanol–water partition coefficient (Wildman–Crippen LogP) is 2.23. The van der Waals surface area contributed by atoms with Crippen LogP contribution in [0.5, 0.6) is 0 Å². The summed E-state index contributed by atoms with van der Waals surface area (Å²) in [5, 5.41) is 6.01. The first-order valence-corrected chi connectivity index (χ1v) is 8.12. The molecule has 2 atom stereocenters. The van der Waals surface area contributed by atoms with Crippen molar-refractivity contribution in [2.75, 3.05) is 10.6 Å². The van der Waals surface area contributed by atoms with Crippen molar-refractivity contribution in [1.82, 2.24) is 0 Å². The van der Waals surface area contributed by atoms with Crippen molar-refractivity contribution >= 4 is 22.9 Å². The van der Waals surface area contributed by atoms with Crippen LogP contribution in [0.15, 0.2) is 61.7 Å². The third kappa shape index (κ3) is 2.92. The molecule has 0 aliphatic heterocycles. The van der Waals surface area contributed by atoms with Gasteiger partial charge in [0.1, 0.15) is 0 Å². The van der Waals surface area contributed by atoms with Crippen molar-refractivity contribution in [2.45, 2.75) is 12.3 Å². The Hall–Kier alpha value is -3.22. The van der Waals surface area contributed by atoms with Gasteiger partial charge in [-0.05, 0) is 12.1 Å². The summed E-state index contributed by atoms with van der Waals surface area (Å²) in [6.07, 6.45) is 1.90. The monoisotopic (exact) mass is 348 g/mol. The summed E-state index contributed by atoms with van der Waals surface area (Å²) >= 11 is 0. The van der Waals surface area contributed by atoms with Crippen LogP contribution in [-0.4, -0.2) is 23.9 Å². The second kappa shape index (κ2) is 6.95. The quantitative estimate of drug-likeness (QED) is 0.402. The molecule has 6 heteroatoms. The van der Waals surface area contributed by atoms with Crippen molar-refractivity contribution in [2.24, 2.45) is 11.5 Å². The number of hydrogen-bond acceptors (Lipinski definition) is 6. The van der Waals surface area contributed by atoms with Gasteiger partial charge in [-0.3, -0.25) is 9.59 Å². The Balaban J connectivity index is 2.23. The summed E-state index contributed by atoms with van der Waals surface area (Å²) in [6.45, 7) is 7.25. The molecule has 0 radical (unpaired) electrons. The molecule has 6 nitrogen and oxygen atoms in total. The summed E-state index contributed by atoms with van der Waals surface area (Å²) in [7, 11) is 0. The lowest BCUT2D eigenvalue weighted by Crippen LogP contribution is -2.32. The fraction of sp³-hybridized carbons (Fsp3) is 0.100. The first-order valence-electron chi connectivity index (χ1n) is 8.12. The van der Waals surface area contributed by atoms with Gasteiger partial charge >= 0.3 is 0 Å². The number of anilines is 2. The minimum Gasteiger partial charge on any atom is -0.366 e. The lowest BCUT2D eigenvalue weighted by atomic mass is 9.82. The third-order valence-corrected chi connectivity index (χ3v) is 4.23. The van der Waals surface area contributed by atoms with Crippen molar-refractivity contribution in [3.8, 4) is 0 Å². The Morgan fingerprint density at radius 3 is 1.50 bits per heavy atom. The molecule has 1 aliphatic rings. The molecule has 3 rings (SSSR count). The lowest BCUT2D eigenvalue weighted by Gasteiger charge is -2.25. The smallest absolute Gasteiger partial charge is 0.196 e. The van der Waals surface area contributed by atoms with Crippen LogP contribution in [0.3, 0.4) is 0 Å². The molecule has 2 aromatic rings. The number of rotatable bonds is 6. The Labute approximate surface area is 151 Å². The molecular formula is C20H20N4O2. The van der Waals surface area contributed by atoms with E-state index in [9.17, 15) is 9.59 Å². The van der Waals surface area contributed by atoms with E-state index in [1.807, 2.05) is 0 Å². The fourth-order valence-corrected chi connectivity index (χ4v) is 2.94. The molecule has 0 saturated heterocycles. The van der Waals surface area contributed by atoms with Crippen LogP contribution in [-0.2, 0) is 0 Å². The van der Waals surface area contributed by atoms with Gasteiger partial charge < -0.3 is 22.1 Å². The Kier molecular flexibility index (Phi) is 4.71. The summed E-state index contributed by atoms with van der Waals surface area (Å²) in [5.41, 5.74) is 14.0. The van der Waals surface area contributed by atoms with Gasteiger partial charge in [-0.2, -0.15) is 0 Å². The van der Waals surface area contributed by atoms with E-state index in [0.717, 1.165) is 0 Å². The maximum Gasteiger partial charge on any atom is 0.196 e.